The molecule has 1 aliphatic heterocycles. The van der Waals surface area contributed by atoms with Crippen LogP contribution < -0.4 is 5.73 Å². The van der Waals surface area contributed by atoms with Crippen LogP contribution in [0.15, 0.2) is 18.2 Å². The third kappa shape index (κ3) is 2.48. The van der Waals surface area contributed by atoms with Crippen molar-refractivity contribution in [1.82, 2.24) is 4.90 Å². The molecular formula is C16H20N2O3. The summed E-state index contributed by atoms with van der Waals surface area (Å²) in [5.41, 5.74) is 8.70. The minimum absolute atomic E-state index is 0.0334. The van der Waals surface area contributed by atoms with E-state index >= 15 is 0 Å². The second-order valence-corrected chi connectivity index (χ2v) is 6.51. The lowest BCUT2D eigenvalue weighted by Gasteiger charge is -2.59. The third-order valence-corrected chi connectivity index (χ3v) is 4.84. The number of carboxylic acid groups (broad SMARTS) is 1. The van der Waals surface area contributed by atoms with Gasteiger partial charge in [-0.25, -0.2) is 0 Å². The van der Waals surface area contributed by atoms with Gasteiger partial charge in [-0.2, -0.15) is 0 Å². The summed E-state index contributed by atoms with van der Waals surface area (Å²) in [7, 11) is 0. The normalized spacial score (nSPS) is 20.0. The van der Waals surface area contributed by atoms with E-state index in [0.717, 1.165) is 25.9 Å². The highest BCUT2D eigenvalue weighted by molar-refractivity contribution is 5.74. The number of aliphatic carboxylic acids is 1. The molecule has 1 aromatic rings. The number of benzene rings is 1. The first-order chi connectivity index (χ1) is 9.88. The van der Waals surface area contributed by atoms with Crippen molar-refractivity contribution in [2.75, 3.05) is 18.8 Å². The lowest BCUT2D eigenvalue weighted by atomic mass is 9.56. The first-order valence-corrected chi connectivity index (χ1v) is 7.24. The molecule has 0 radical (unpaired) electrons. The van der Waals surface area contributed by atoms with Crippen molar-refractivity contribution >= 4 is 17.6 Å². The van der Waals surface area contributed by atoms with Crippen molar-refractivity contribution in [1.29, 1.82) is 0 Å². The molecule has 112 valence electrons. The molecule has 2 aliphatic rings. The molecule has 0 bridgehead atoms. The van der Waals surface area contributed by atoms with Crippen LogP contribution in [0.4, 0.5) is 5.69 Å². The van der Waals surface area contributed by atoms with Gasteiger partial charge in [-0.15, -0.1) is 0 Å². The van der Waals surface area contributed by atoms with Crippen LogP contribution in [0.5, 0.6) is 0 Å². The number of carboxylic acids is 1. The van der Waals surface area contributed by atoms with E-state index in [1.54, 1.807) is 6.92 Å². The van der Waals surface area contributed by atoms with Crippen molar-refractivity contribution in [3.63, 3.8) is 0 Å². The Morgan fingerprint density at radius 2 is 2.05 bits per heavy atom. The zero-order valence-electron chi connectivity index (χ0n) is 12.1. The molecule has 3 N–H and O–H groups in total. The molecule has 1 spiro atoms. The topological polar surface area (TPSA) is 83.6 Å². The van der Waals surface area contributed by atoms with Crippen molar-refractivity contribution < 1.29 is 14.7 Å². The van der Waals surface area contributed by atoms with E-state index in [0.29, 0.717) is 22.6 Å². The predicted octanol–water partition coefficient (Wildman–Crippen LogP) is 1.62. The highest BCUT2D eigenvalue weighted by atomic mass is 16.4. The molecular weight excluding hydrogens is 268 g/mol. The Hall–Kier alpha value is -2.04. The Bertz CT molecular complexity index is 598. The van der Waals surface area contributed by atoms with Gasteiger partial charge < -0.3 is 15.7 Å². The molecule has 0 unspecified atom stereocenters. The Morgan fingerprint density at radius 1 is 1.38 bits per heavy atom. The number of rotatable bonds is 3. The fraction of sp³-hybridized carbons (Fsp3) is 0.500. The summed E-state index contributed by atoms with van der Waals surface area (Å²) in [4.78, 5) is 23.9. The van der Waals surface area contributed by atoms with E-state index in [-0.39, 0.29) is 12.3 Å². The summed E-state index contributed by atoms with van der Waals surface area (Å²) in [6, 6.07) is 5.73. The number of carbonyl (C=O) groups is 2. The van der Waals surface area contributed by atoms with Crippen LogP contribution in [0.25, 0.3) is 0 Å². The number of hydrogen-bond acceptors (Lipinski definition) is 3. The molecule has 1 saturated carbocycles. The van der Waals surface area contributed by atoms with E-state index < -0.39 is 5.97 Å². The van der Waals surface area contributed by atoms with Gasteiger partial charge in [0.2, 0.25) is 5.91 Å². The van der Waals surface area contributed by atoms with Gasteiger partial charge in [0.05, 0.1) is 6.42 Å². The maximum absolute atomic E-state index is 11.2. The Labute approximate surface area is 123 Å². The summed E-state index contributed by atoms with van der Waals surface area (Å²) < 4.78 is 0. The zero-order chi connectivity index (χ0) is 15.2. The van der Waals surface area contributed by atoms with Crippen molar-refractivity contribution in [3.8, 4) is 0 Å². The van der Waals surface area contributed by atoms with Crippen molar-refractivity contribution in [2.45, 2.75) is 32.1 Å². The van der Waals surface area contributed by atoms with Crippen LogP contribution in [0.2, 0.25) is 0 Å². The Kier molecular flexibility index (Phi) is 3.15. The van der Waals surface area contributed by atoms with Crippen LogP contribution in [0, 0.1) is 5.41 Å². The third-order valence-electron chi connectivity index (χ3n) is 4.84. The van der Waals surface area contributed by atoms with Crippen LogP contribution in [0.1, 0.15) is 36.8 Å². The maximum atomic E-state index is 11.2. The van der Waals surface area contributed by atoms with Gasteiger partial charge in [-0.05, 0) is 36.0 Å². The smallest absolute Gasteiger partial charge is 0.307 e. The molecule has 5 nitrogen and oxygen atoms in total. The summed E-state index contributed by atoms with van der Waals surface area (Å²) in [5, 5.41) is 8.82. The Balaban J connectivity index is 1.62. The van der Waals surface area contributed by atoms with Crippen LogP contribution in [-0.4, -0.2) is 35.0 Å². The number of anilines is 1. The Morgan fingerprint density at radius 3 is 2.57 bits per heavy atom. The summed E-state index contributed by atoms with van der Waals surface area (Å²) >= 11 is 0. The fourth-order valence-electron chi connectivity index (χ4n) is 3.66. The number of nitrogens with two attached hydrogens (primary N) is 1. The van der Waals surface area contributed by atoms with Crippen LogP contribution in [-0.2, 0) is 16.0 Å². The van der Waals surface area contributed by atoms with Gasteiger partial charge >= 0.3 is 5.97 Å². The lowest BCUT2D eigenvalue weighted by Crippen LogP contribution is -2.62. The first kappa shape index (κ1) is 13.9. The highest BCUT2D eigenvalue weighted by Gasteiger charge is 2.53. The first-order valence-electron chi connectivity index (χ1n) is 7.24. The molecule has 0 aromatic heterocycles. The summed E-state index contributed by atoms with van der Waals surface area (Å²) in [5.74, 6) is -0.220. The predicted molar refractivity (Wildman–Crippen MR) is 78.9 cm³/mol. The maximum Gasteiger partial charge on any atom is 0.307 e. The van der Waals surface area contributed by atoms with E-state index in [9.17, 15) is 9.59 Å². The molecule has 1 aliphatic carbocycles. The highest BCUT2D eigenvalue weighted by Crippen LogP contribution is 2.56. The van der Waals surface area contributed by atoms with Crippen LogP contribution >= 0.6 is 0 Å². The van der Waals surface area contributed by atoms with Gasteiger partial charge in [0.25, 0.3) is 0 Å². The number of amides is 1. The number of hydrogen-bond donors (Lipinski definition) is 2. The standard InChI is InChI=1S/C16H20N2O3/c1-10(19)18-8-16(9-18)6-13(7-16)11-2-3-12(5-15(20)21)14(17)4-11/h2-4,13H,5-9,17H2,1H3,(H,20,21). The molecule has 2 fully saturated rings. The lowest BCUT2D eigenvalue weighted by molar-refractivity contribution is -0.149. The molecule has 0 atom stereocenters. The molecule has 1 aromatic carbocycles. The average Bonchev–Trinajstić information content (AvgIpc) is 2.27. The minimum atomic E-state index is -0.865. The van der Waals surface area contributed by atoms with Gasteiger partial charge in [-0.3, -0.25) is 9.59 Å². The summed E-state index contributed by atoms with van der Waals surface area (Å²) in [6.45, 7) is 3.38. The van der Waals surface area contributed by atoms with Gasteiger partial charge in [-0.1, -0.05) is 12.1 Å². The van der Waals surface area contributed by atoms with E-state index in [1.165, 1.54) is 5.56 Å². The minimum Gasteiger partial charge on any atom is -0.481 e. The molecule has 5 heteroatoms. The second kappa shape index (κ2) is 4.76. The molecule has 1 saturated heterocycles. The molecule has 1 heterocycles. The van der Waals surface area contributed by atoms with Crippen molar-refractivity contribution in [2.24, 2.45) is 5.41 Å². The second-order valence-electron chi connectivity index (χ2n) is 6.51. The number of nitrogen functional groups attached to an aromatic ring is 1. The van der Waals surface area contributed by atoms with Gasteiger partial charge in [0.15, 0.2) is 0 Å². The van der Waals surface area contributed by atoms with Crippen molar-refractivity contribution in [3.05, 3.63) is 29.3 Å². The quantitative estimate of drug-likeness (QED) is 0.828. The van der Waals surface area contributed by atoms with Gasteiger partial charge in [0, 0.05) is 31.1 Å². The average molecular weight is 288 g/mol. The van der Waals surface area contributed by atoms with E-state index in [1.807, 2.05) is 23.1 Å². The largest absolute Gasteiger partial charge is 0.481 e. The number of carbonyl (C=O) groups excluding carboxylic acids is 1. The fourth-order valence-corrected chi connectivity index (χ4v) is 3.66. The van der Waals surface area contributed by atoms with E-state index in [4.69, 9.17) is 10.8 Å². The monoisotopic (exact) mass is 288 g/mol. The van der Waals surface area contributed by atoms with Gasteiger partial charge in [0.1, 0.15) is 0 Å². The molecule has 21 heavy (non-hydrogen) atoms. The van der Waals surface area contributed by atoms with Crippen LogP contribution in [0.3, 0.4) is 0 Å². The molecule has 3 rings (SSSR count). The van der Waals surface area contributed by atoms with E-state index in [2.05, 4.69) is 0 Å². The summed E-state index contributed by atoms with van der Waals surface area (Å²) in [6.07, 6.45) is 2.15. The number of likely N-dealkylation sites (tertiary alicyclic amines) is 1. The zero-order valence-corrected chi connectivity index (χ0v) is 12.1. The SMILES string of the molecule is CC(=O)N1CC2(CC(c3ccc(CC(=O)O)c(N)c3)C2)C1. The number of nitrogens with zero attached hydrogens (tertiary/aromatic N) is 1. The molecule has 1 amide bonds.